The van der Waals surface area contributed by atoms with Gasteiger partial charge in [-0.25, -0.2) is 0 Å². The van der Waals surface area contributed by atoms with Gasteiger partial charge < -0.3 is 14.7 Å². The predicted octanol–water partition coefficient (Wildman–Crippen LogP) is 1.00. The van der Waals surface area contributed by atoms with Gasteiger partial charge in [-0.05, 0) is 12.0 Å². The van der Waals surface area contributed by atoms with Crippen molar-refractivity contribution < 1.29 is 19.4 Å². The molecule has 0 aliphatic rings. The van der Waals surface area contributed by atoms with Crippen LogP contribution in [0.2, 0.25) is 0 Å². The molecule has 20 heavy (non-hydrogen) atoms. The standard InChI is InChI=1S/C15H21NO4/c1-20-15(19)8-10-16(9-5-11-17)14(18)12-13-6-3-2-4-7-13/h2-4,6-7,17H,5,8-12H2,1H3. The molecule has 0 atom stereocenters. The van der Waals surface area contributed by atoms with E-state index in [4.69, 9.17) is 5.11 Å². The molecule has 0 aliphatic carbocycles. The molecule has 0 saturated carbocycles. The van der Waals surface area contributed by atoms with Crippen LogP contribution in [0.25, 0.3) is 0 Å². The van der Waals surface area contributed by atoms with Crippen molar-refractivity contribution in [2.45, 2.75) is 19.3 Å². The van der Waals surface area contributed by atoms with E-state index in [2.05, 4.69) is 4.74 Å². The number of carbonyl (C=O) groups excluding carboxylic acids is 2. The van der Waals surface area contributed by atoms with Crippen LogP contribution in [0.1, 0.15) is 18.4 Å². The lowest BCUT2D eigenvalue weighted by molar-refractivity contribution is -0.141. The number of methoxy groups -OCH3 is 1. The van der Waals surface area contributed by atoms with Crippen LogP contribution in [0.5, 0.6) is 0 Å². The fraction of sp³-hybridized carbons (Fsp3) is 0.467. The Bertz CT molecular complexity index is 419. The summed E-state index contributed by atoms with van der Waals surface area (Å²) < 4.78 is 4.58. The molecule has 0 heterocycles. The Hall–Kier alpha value is -1.88. The summed E-state index contributed by atoms with van der Waals surface area (Å²) in [4.78, 5) is 25.0. The molecule has 0 saturated heterocycles. The second kappa shape index (κ2) is 9.09. The number of aliphatic hydroxyl groups excluding tert-OH is 1. The summed E-state index contributed by atoms with van der Waals surface area (Å²) in [5.41, 5.74) is 0.935. The van der Waals surface area contributed by atoms with Crippen LogP contribution in [0.4, 0.5) is 0 Å². The van der Waals surface area contributed by atoms with Crippen molar-refractivity contribution in [2.24, 2.45) is 0 Å². The maximum Gasteiger partial charge on any atom is 0.307 e. The zero-order chi connectivity index (χ0) is 14.8. The van der Waals surface area contributed by atoms with Crippen LogP contribution in [-0.2, 0) is 20.7 Å². The van der Waals surface area contributed by atoms with E-state index in [1.807, 2.05) is 30.3 Å². The van der Waals surface area contributed by atoms with E-state index in [0.29, 0.717) is 25.9 Å². The Balaban J connectivity index is 2.56. The zero-order valence-corrected chi connectivity index (χ0v) is 11.7. The molecule has 110 valence electrons. The van der Waals surface area contributed by atoms with E-state index in [-0.39, 0.29) is 24.9 Å². The minimum Gasteiger partial charge on any atom is -0.469 e. The van der Waals surface area contributed by atoms with Crippen molar-refractivity contribution in [3.8, 4) is 0 Å². The summed E-state index contributed by atoms with van der Waals surface area (Å²) in [6, 6.07) is 9.45. The molecular formula is C15H21NO4. The van der Waals surface area contributed by atoms with Gasteiger partial charge in [0.25, 0.3) is 0 Å². The third-order valence-corrected chi connectivity index (χ3v) is 2.95. The quantitative estimate of drug-likeness (QED) is 0.721. The maximum absolute atomic E-state index is 12.2. The first-order valence-electron chi connectivity index (χ1n) is 6.66. The molecule has 0 aromatic heterocycles. The molecule has 1 aromatic rings. The molecule has 1 aromatic carbocycles. The molecule has 0 bridgehead atoms. The van der Waals surface area contributed by atoms with Gasteiger partial charge >= 0.3 is 5.97 Å². The van der Waals surface area contributed by atoms with Gasteiger partial charge in [0.1, 0.15) is 0 Å². The Labute approximate surface area is 119 Å². The lowest BCUT2D eigenvalue weighted by atomic mass is 10.1. The summed E-state index contributed by atoms with van der Waals surface area (Å²) in [6.45, 7) is 0.783. The Morgan fingerprint density at radius 1 is 1.20 bits per heavy atom. The maximum atomic E-state index is 12.2. The normalized spacial score (nSPS) is 10.1. The molecule has 0 fully saturated rings. The number of benzene rings is 1. The van der Waals surface area contributed by atoms with Gasteiger partial charge in [0, 0.05) is 19.7 Å². The molecule has 0 radical (unpaired) electrons. The van der Waals surface area contributed by atoms with Crippen LogP contribution < -0.4 is 0 Å². The number of amides is 1. The average molecular weight is 279 g/mol. The van der Waals surface area contributed by atoms with E-state index in [9.17, 15) is 9.59 Å². The highest BCUT2D eigenvalue weighted by molar-refractivity contribution is 5.79. The first-order chi connectivity index (χ1) is 9.67. The van der Waals surface area contributed by atoms with Crippen LogP contribution in [0, 0.1) is 0 Å². The minimum absolute atomic E-state index is 0.0212. The van der Waals surface area contributed by atoms with Crippen molar-refractivity contribution in [1.82, 2.24) is 4.90 Å². The summed E-state index contributed by atoms with van der Waals surface area (Å²) >= 11 is 0. The van der Waals surface area contributed by atoms with Crippen LogP contribution in [-0.4, -0.2) is 48.7 Å². The summed E-state index contributed by atoms with van der Waals surface area (Å²) in [5.74, 6) is -0.389. The van der Waals surface area contributed by atoms with Crippen molar-refractivity contribution in [1.29, 1.82) is 0 Å². The van der Waals surface area contributed by atoms with Gasteiger partial charge in [0.05, 0.1) is 20.0 Å². The third-order valence-electron chi connectivity index (χ3n) is 2.95. The molecule has 5 nitrogen and oxygen atoms in total. The molecule has 0 aliphatic heterocycles. The van der Waals surface area contributed by atoms with Crippen molar-refractivity contribution >= 4 is 11.9 Å². The summed E-state index contributed by atoms with van der Waals surface area (Å²) in [5, 5.41) is 8.88. The summed E-state index contributed by atoms with van der Waals surface area (Å²) in [7, 11) is 1.33. The average Bonchev–Trinajstić information content (AvgIpc) is 2.47. The molecule has 0 spiro atoms. The number of rotatable bonds is 8. The molecule has 1 rings (SSSR count). The van der Waals surface area contributed by atoms with E-state index in [1.165, 1.54) is 7.11 Å². The number of esters is 1. The van der Waals surface area contributed by atoms with Crippen LogP contribution in [0.15, 0.2) is 30.3 Å². The summed E-state index contributed by atoms with van der Waals surface area (Å²) in [6.07, 6.45) is 0.970. The lowest BCUT2D eigenvalue weighted by Gasteiger charge is -2.22. The predicted molar refractivity (Wildman–Crippen MR) is 75.1 cm³/mol. The molecule has 0 unspecified atom stereocenters. The Kier molecular flexibility index (Phi) is 7.35. The van der Waals surface area contributed by atoms with Crippen LogP contribution in [0.3, 0.4) is 0 Å². The fourth-order valence-corrected chi connectivity index (χ4v) is 1.83. The largest absolute Gasteiger partial charge is 0.469 e. The highest BCUT2D eigenvalue weighted by Gasteiger charge is 2.15. The SMILES string of the molecule is COC(=O)CCN(CCCO)C(=O)Cc1ccccc1. The number of hydrogen-bond donors (Lipinski definition) is 1. The second-order valence-corrected chi connectivity index (χ2v) is 4.45. The highest BCUT2D eigenvalue weighted by Crippen LogP contribution is 2.05. The second-order valence-electron chi connectivity index (χ2n) is 4.45. The van der Waals surface area contributed by atoms with E-state index in [0.717, 1.165) is 5.56 Å². The van der Waals surface area contributed by atoms with Gasteiger partial charge in [-0.15, -0.1) is 0 Å². The van der Waals surface area contributed by atoms with Gasteiger partial charge in [-0.2, -0.15) is 0 Å². The van der Waals surface area contributed by atoms with Gasteiger partial charge in [-0.1, -0.05) is 30.3 Å². The van der Waals surface area contributed by atoms with Gasteiger partial charge in [0.2, 0.25) is 5.91 Å². The topological polar surface area (TPSA) is 66.8 Å². The van der Waals surface area contributed by atoms with Crippen molar-refractivity contribution in [3.63, 3.8) is 0 Å². The fourth-order valence-electron chi connectivity index (χ4n) is 1.83. The number of hydrogen-bond acceptors (Lipinski definition) is 4. The first kappa shape index (κ1) is 16.2. The molecule has 1 amide bonds. The molecular weight excluding hydrogens is 258 g/mol. The number of ether oxygens (including phenoxy) is 1. The van der Waals surface area contributed by atoms with Gasteiger partial charge in [0.15, 0.2) is 0 Å². The monoisotopic (exact) mass is 279 g/mol. The smallest absolute Gasteiger partial charge is 0.307 e. The number of aliphatic hydroxyl groups is 1. The zero-order valence-electron chi connectivity index (χ0n) is 11.7. The van der Waals surface area contributed by atoms with Crippen molar-refractivity contribution in [2.75, 3.05) is 26.8 Å². The Morgan fingerprint density at radius 3 is 2.50 bits per heavy atom. The van der Waals surface area contributed by atoms with E-state index >= 15 is 0 Å². The minimum atomic E-state index is -0.341. The third kappa shape index (κ3) is 5.84. The Morgan fingerprint density at radius 2 is 1.90 bits per heavy atom. The lowest BCUT2D eigenvalue weighted by Crippen LogP contribution is -2.35. The molecule has 1 N–H and O–H groups in total. The highest BCUT2D eigenvalue weighted by atomic mass is 16.5. The molecule has 5 heteroatoms. The first-order valence-corrected chi connectivity index (χ1v) is 6.66. The van der Waals surface area contributed by atoms with E-state index in [1.54, 1.807) is 4.90 Å². The van der Waals surface area contributed by atoms with Crippen LogP contribution >= 0.6 is 0 Å². The number of nitrogens with zero attached hydrogens (tertiary/aromatic N) is 1. The van der Waals surface area contributed by atoms with Crippen molar-refractivity contribution in [3.05, 3.63) is 35.9 Å². The van der Waals surface area contributed by atoms with E-state index < -0.39 is 0 Å². The number of carbonyl (C=O) groups is 2. The van der Waals surface area contributed by atoms with Gasteiger partial charge in [-0.3, -0.25) is 9.59 Å².